The van der Waals surface area contributed by atoms with Crippen LogP contribution in [-0.2, 0) is 6.18 Å². The van der Waals surface area contributed by atoms with Crippen molar-refractivity contribution in [2.24, 2.45) is 5.41 Å². The molecule has 6 nitrogen and oxygen atoms in total. The number of likely N-dealkylation sites (tertiary alicyclic amines) is 1. The molecule has 3 heterocycles. The second kappa shape index (κ2) is 7.44. The quantitative estimate of drug-likeness (QED) is 0.648. The molecule has 32 heavy (non-hydrogen) atoms. The highest BCUT2D eigenvalue weighted by Gasteiger charge is 2.49. The van der Waals surface area contributed by atoms with Crippen LogP contribution in [0.5, 0.6) is 11.6 Å². The molecule has 1 saturated carbocycles. The predicted octanol–water partition coefficient (Wildman–Crippen LogP) is 4.43. The Morgan fingerprint density at radius 2 is 1.97 bits per heavy atom. The van der Waals surface area contributed by atoms with Crippen molar-refractivity contribution in [3.63, 3.8) is 0 Å². The van der Waals surface area contributed by atoms with Crippen molar-refractivity contribution < 1.29 is 27.8 Å². The number of rotatable bonds is 3. The van der Waals surface area contributed by atoms with Gasteiger partial charge in [-0.1, -0.05) is 6.07 Å². The normalized spacial score (nSPS) is 22.9. The summed E-state index contributed by atoms with van der Waals surface area (Å²) in [5.74, 6) is 0.316. The summed E-state index contributed by atoms with van der Waals surface area (Å²) in [7, 11) is 0. The number of aromatic nitrogens is 2. The summed E-state index contributed by atoms with van der Waals surface area (Å²) in [6, 6.07) is 10.5. The first-order valence-corrected chi connectivity index (χ1v) is 10.3. The molecule has 1 spiro atoms. The number of hydrogen-bond acceptors (Lipinski definition) is 5. The molecule has 9 heteroatoms. The molecular weight excluding hydrogens is 423 g/mol. The molecule has 1 saturated heterocycles. The Bertz CT molecular complexity index is 1170. The zero-order valence-corrected chi connectivity index (χ0v) is 17.0. The molecule has 2 fully saturated rings. The van der Waals surface area contributed by atoms with E-state index in [2.05, 4.69) is 9.97 Å². The first kappa shape index (κ1) is 20.7. The van der Waals surface area contributed by atoms with E-state index in [1.165, 1.54) is 0 Å². The van der Waals surface area contributed by atoms with Crippen LogP contribution in [0.3, 0.4) is 0 Å². The Hall–Kier alpha value is -3.20. The second-order valence-electron chi connectivity index (χ2n) is 8.57. The zero-order valence-electron chi connectivity index (χ0n) is 17.0. The van der Waals surface area contributed by atoms with Gasteiger partial charge in [0, 0.05) is 30.7 Å². The largest absolute Gasteiger partial charge is 0.439 e. The van der Waals surface area contributed by atoms with E-state index in [4.69, 9.17) is 4.74 Å². The molecular formula is C23H20F3N3O3. The van der Waals surface area contributed by atoms with E-state index in [1.807, 2.05) is 0 Å². The van der Waals surface area contributed by atoms with E-state index >= 15 is 0 Å². The van der Waals surface area contributed by atoms with Crippen LogP contribution in [-0.4, -0.2) is 45.1 Å². The molecule has 1 aliphatic heterocycles. The lowest BCUT2D eigenvalue weighted by atomic mass is 9.66. The molecule has 0 unspecified atom stereocenters. The molecule has 5 rings (SSSR count). The number of ether oxygens (including phenoxy) is 1. The van der Waals surface area contributed by atoms with Gasteiger partial charge in [-0.05, 0) is 55.0 Å². The molecule has 1 aliphatic carbocycles. The third-order valence-electron chi connectivity index (χ3n) is 6.23. The van der Waals surface area contributed by atoms with Crippen molar-refractivity contribution in [2.45, 2.75) is 31.5 Å². The predicted molar refractivity (Wildman–Crippen MR) is 109 cm³/mol. The van der Waals surface area contributed by atoms with Gasteiger partial charge in [-0.2, -0.15) is 13.2 Å². The second-order valence-corrected chi connectivity index (χ2v) is 8.57. The van der Waals surface area contributed by atoms with E-state index < -0.39 is 11.7 Å². The number of carbonyl (C=O) groups excluding carboxylic acids is 1. The molecule has 0 bridgehead atoms. The summed E-state index contributed by atoms with van der Waals surface area (Å²) in [5.41, 5.74) is 0.177. The summed E-state index contributed by atoms with van der Waals surface area (Å²) in [6.45, 7) is 1.31. The van der Waals surface area contributed by atoms with Gasteiger partial charge in [0.2, 0.25) is 5.88 Å². The van der Waals surface area contributed by atoms with Gasteiger partial charge < -0.3 is 14.7 Å². The van der Waals surface area contributed by atoms with Crippen molar-refractivity contribution >= 4 is 16.8 Å². The number of benzene rings is 1. The van der Waals surface area contributed by atoms with Crippen molar-refractivity contribution in [2.75, 3.05) is 13.1 Å². The van der Waals surface area contributed by atoms with Gasteiger partial charge >= 0.3 is 6.18 Å². The Morgan fingerprint density at radius 3 is 2.66 bits per heavy atom. The van der Waals surface area contributed by atoms with Gasteiger partial charge in [-0.25, -0.2) is 9.97 Å². The SMILES string of the molecule is O=C(c1ccc2cc(Oc3ccc(C(F)(F)F)cn3)ccc2n1)N1CCC2(CC(O)C2)C1. The summed E-state index contributed by atoms with van der Waals surface area (Å²) < 4.78 is 43.5. The topological polar surface area (TPSA) is 75.5 Å². The van der Waals surface area contributed by atoms with Gasteiger partial charge in [0.05, 0.1) is 17.2 Å². The maximum absolute atomic E-state index is 12.9. The van der Waals surface area contributed by atoms with Crippen LogP contribution in [0.2, 0.25) is 0 Å². The van der Waals surface area contributed by atoms with Crippen LogP contribution < -0.4 is 4.74 Å². The fourth-order valence-corrected chi connectivity index (χ4v) is 4.56. The summed E-state index contributed by atoms with van der Waals surface area (Å²) in [5, 5.41) is 10.3. The van der Waals surface area contributed by atoms with Crippen molar-refractivity contribution in [3.8, 4) is 11.6 Å². The number of carbonyl (C=O) groups is 1. The van der Waals surface area contributed by atoms with E-state index in [0.29, 0.717) is 30.0 Å². The Balaban J connectivity index is 1.30. The van der Waals surface area contributed by atoms with Gasteiger partial charge in [0.25, 0.3) is 5.91 Å². The average molecular weight is 443 g/mol. The highest BCUT2D eigenvalue weighted by atomic mass is 19.4. The van der Waals surface area contributed by atoms with E-state index in [0.717, 1.165) is 43.0 Å². The van der Waals surface area contributed by atoms with Gasteiger partial charge in [0.15, 0.2) is 0 Å². The number of aliphatic hydroxyl groups excluding tert-OH is 1. The van der Waals surface area contributed by atoms with Gasteiger partial charge in [-0.15, -0.1) is 0 Å². The van der Waals surface area contributed by atoms with Crippen molar-refractivity contribution in [1.29, 1.82) is 0 Å². The van der Waals surface area contributed by atoms with Crippen LogP contribution >= 0.6 is 0 Å². The molecule has 2 aromatic heterocycles. The van der Waals surface area contributed by atoms with Gasteiger partial charge in [0.1, 0.15) is 11.4 Å². The number of pyridine rings is 2. The minimum absolute atomic E-state index is 0.0428. The number of amides is 1. The van der Waals surface area contributed by atoms with Crippen LogP contribution in [0.15, 0.2) is 48.7 Å². The molecule has 166 valence electrons. The number of alkyl halides is 3. The molecule has 0 atom stereocenters. The minimum atomic E-state index is -4.45. The van der Waals surface area contributed by atoms with Gasteiger partial charge in [-0.3, -0.25) is 4.79 Å². The maximum Gasteiger partial charge on any atom is 0.417 e. The summed E-state index contributed by atoms with van der Waals surface area (Å²) in [4.78, 5) is 22.9. The monoisotopic (exact) mass is 443 g/mol. The molecule has 3 aromatic rings. The van der Waals surface area contributed by atoms with E-state index in [9.17, 15) is 23.1 Å². The number of aliphatic hydroxyl groups is 1. The number of hydrogen-bond donors (Lipinski definition) is 1. The Kier molecular flexibility index (Phi) is 4.81. The fraction of sp³-hybridized carbons (Fsp3) is 0.348. The van der Waals surface area contributed by atoms with E-state index in [-0.39, 0.29) is 23.3 Å². The third kappa shape index (κ3) is 3.88. The molecule has 1 aromatic carbocycles. The van der Waals surface area contributed by atoms with Crippen LogP contribution in [0.1, 0.15) is 35.3 Å². The molecule has 1 amide bonds. The Labute approximate surface area is 181 Å². The van der Waals surface area contributed by atoms with Crippen LogP contribution in [0.4, 0.5) is 13.2 Å². The lowest BCUT2D eigenvalue weighted by Gasteiger charge is -2.42. The zero-order chi connectivity index (χ0) is 22.5. The first-order chi connectivity index (χ1) is 15.2. The van der Waals surface area contributed by atoms with Crippen LogP contribution in [0.25, 0.3) is 10.9 Å². The summed E-state index contributed by atoms with van der Waals surface area (Å²) in [6.07, 6.45) is -1.58. The number of halogens is 3. The standard InChI is InChI=1S/C23H20F3N3O3/c24-23(25,26)15-2-6-20(27-12-15)32-17-3-5-18-14(9-17)1-4-19(28-18)21(31)29-8-7-22(13-29)10-16(30)11-22/h1-6,9,12,16,30H,7-8,10-11,13H2. The lowest BCUT2D eigenvalue weighted by molar-refractivity contribution is -0.137. The fourth-order valence-electron chi connectivity index (χ4n) is 4.56. The molecule has 2 aliphatic rings. The number of nitrogens with zero attached hydrogens (tertiary/aromatic N) is 3. The maximum atomic E-state index is 12.9. The number of fused-ring (bicyclic) bond motifs is 1. The summed E-state index contributed by atoms with van der Waals surface area (Å²) >= 11 is 0. The van der Waals surface area contributed by atoms with Crippen molar-refractivity contribution in [1.82, 2.24) is 14.9 Å². The van der Waals surface area contributed by atoms with Crippen LogP contribution in [0, 0.1) is 5.41 Å². The lowest BCUT2D eigenvalue weighted by Crippen LogP contribution is -2.43. The minimum Gasteiger partial charge on any atom is -0.439 e. The highest BCUT2D eigenvalue weighted by Crippen LogP contribution is 2.48. The molecule has 0 radical (unpaired) electrons. The Morgan fingerprint density at radius 1 is 1.16 bits per heavy atom. The van der Waals surface area contributed by atoms with Crippen molar-refractivity contribution in [3.05, 3.63) is 59.9 Å². The highest BCUT2D eigenvalue weighted by molar-refractivity contribution is 5.95. The third-order valence-corrected chi connectivity index (χ3v) is 6.23. The first-order valence-electron chi connectivity index (χ1n) is 10.3. The smallest absolute Gasteiger partial charge is 0.417 e. The van der Waals surface area contributed by atoms with E-state index in [1.54, 1.807) is 35.2 Å². The molecule has 1 N–H and O–H groups in total. The average Bonchev–Trinajstić information content (AvgIpc) is 3.17.